The van der Waals surface area contributed by atoms with Crippen LogP contribution in [0.4, 0.5) is 0 Å². The van der Waals surface area contributed by atoms with Gasteiger partial charge in [0.05, 0.1) is 18.0 Å². The first kappa shape index (κ1) is 15.2. The van der Waals surface area contributed by atoms with E-state index in [0.717, 1.165) is 19.3 Å². The molecule has 0 aromatic rings. The van der Waals surface area contributed by atoms with Crippen LogP contribution in [0.25, 0.3) is 0 Å². The molecule has 1 aliphatic heterocycles. The van der Waals surface area contributed by atoms with Gasteiger partial charge >= 0.3 is 0 Å². The van der Waals surface area contributed by atoms with E-state index in [1.54, 1.807) is 4.31 Å². The highest BCUT2D eigenvalue weighted by atomic mass is 32.2. The van der Waals surface area contributed by atoms with Crippen molar-refractivity contribution in [2.75, 3.05) is 26.2 Å². The Kier molecular flexibility index (Phi) is 4.55. The summed E-state index contributed by atoms with van der Waals surface area (Å²) in [6.45, 7) is 8.48. The second kappa shape index (κ2) is 5.68. The summed E-state index contributed by atoms with van der Waals surface area (Å²) in [5, 5.41) is 3.24. The van der Waals surface area contributed by atoms with Crippen LogP contribution in [0.15, 0.2) is 0 Å². The molecule has 0 aromatic carbocycles. The highest BCUT2D eigenvalue weighted by molar-refractivity contribution is 7.89. The van der Waals surface area contributed by atoms with Gasteiger partial charge in [-0.3, -0.25) is 0 Å². The van der Waals surface area contributed by atoms with Gasteiger partial charge in [-0.25, -0.2) is 8.42 Å². The lowest BCUT2D eigenvalue weighted by Crippen LogP contribution is -2.53. The molecule has 19 heavy (non-hydrogen) atoms. The first-order chi connectivity index (χ1) is 8.79. The average Bonchev–Trinajstić information content (AvgIpc) is 2.23. The molecule has 0 radical (unpaired) electrons. The molecule has 0 spiro atoms. The van der Waals surface area contributed by atoms with Crippen molar-refractivity contribution in [3.05, 3.63) is 0 Å². The summed E-state index contributed by atoms with van der Waals surface area (Å²) in [5.41, 5.74) is 0.0263. The van der Waals surface area contributed by atoms with Crippen molar-refractivity contribution < 1.29 is 13.2 Å². The number of ether oxygens (including phenoxy) is 1. The van der Waals surface area contributed by atoms with Crippen LogP contribution < -0.4 is 5.32 Å². The molecular weight excluding hydrogens is 264 g/mol. The Balaban J connectivity index is 1.90. The fraction of sp³-hybridized carbons (Fsp3) is 1.00. The number of rotatable bonds is 4. The number of nitrogens with one attached hydrogen (secondary N) is 1. The Labute approximate surface area is 116 Å². The van der Waals surface area contributed by atoms with Gasteiger partial charge in [-0.05, 0) is 33.6 Å². The average molecular weight is 290 g/mol. The van der Waals surface area contributed by atoms with Crippen molar-refractivity contribution in [3.63, 3.8) is 0 Å². The SMILES string of the molecule is CC(C)(C)NCC1CN(S(=O)(=O)C2CCC2)CCO1. The van der Waals surface area contributed by atoms with Crippen molar-refractivity contribution in [2.24, 2.45) is 0 Å². The van der Waals surface area contributed by atoms with Crippen molar-refractivity contribution >= 4 is 10.0 Å². The van der Waals surface area contributed by atoms with Gasteiger partial charge < -0.3 is 10.1 Å². The molecule has 0 aromatic heterocycles. The van der Waals surface area contributed by atoms with E-state index in [1.807, 2.05) is 0 Å². The number of morpholine rings is 1. The van der Waals surface area contributed by atoms with Crippen molar-refractivity contribution in [2.45, 2.75) is 56.9 Å². The molecule has 2 aliphatic rings. The quantitative estimate of drug-likeness (QED) is 0.838. The molecule has 2 fully saturated rings. The lowest BCUT2D eigenvalue weighted by atomic mass is 10.0. The van der Waals surface area contributed by atoms with Gasteiger partial charge in [-0.1, -0.05) is 6.42 Å². The molecule has 1 unspecified atom stereocenters. The van der Waals surface area contributed by atoms with Gasteiger partial charge in [0.25, 0.3) is 0 Å². The third kappa shape index (κ3) is 3.90. The Morgan fingerprint density at radius 1 is 1.32 bits per heavy atom. The van der Waals surface area contributed by atoms with Gasteiger partial charge in [0.2, 0.25) is 10.0 Å². The Morgan fingerprint density at radius 2 is 2.00 bits per heavy atom. The summed E-state index contributed by atoms with van der Waals surface area (Å²) in [5.74, 6) is 0. The van der Waals surface area contributed by atoms with Gasteiger partial charge in [-0.15, -0.1) is 0 Å². The van der Waals surface area contributed by atoms with E-state index in [9.17, 15) is 8.42 Å². The highest BCUT2D eigenvalue weighted by Gasteiger charge is 2.38. The van der Waals surface area contributed by atoms with Crippen LogP contribution in [-0.4, -0.2) is 55.9 Å². The molecule has 1 saturated heterocycles. The Morgan fingerprint density at radius 3 is 2.53 bits per heavy atom. The minimum Gasteiger partial charge on any atom is -0.374 e. The van der Waals surface area contributed by atoms with Crippen LogP contribution >= 0.6 is 0 Å². The molecular formula is C13H26N2O3S. The Hall–Kier alpha value is -0.170. The third-order valence-corrected chi connectivity index (χ3v) is 6.16. The molecule has 1 heterocycles. The van der Waals surface area contributed by atoms with Gasteiger partial charge in [0.15, 0.2) is 0 Å². The van der Waals surface area contributed by atoms with Gasteiger partial charge in [0, 0.05) is 25.2 Å². The van der Waals surface area contributed by atoms with Crippen molar-refractivity contribution in [1.29, 1.82) is 0 Å². The van der Waals surface area contributed by atoms with E-state index in [0.29, 0.717) is 26.2 Å². The summed E-state index contributed by atoms with van der Waals surface area (Å²) < 4.78 is 32.0. The summed E-state index contributed by atoms with van der Waals surface area (Å²) in [7, 11) is -3.09. The fourth-order valence-corrected chi connectivity index (χ4v) is 4.40. The number of hydrogen-bond donors (Lipinski definition) is 1. The van der Waals surface area contributed by atoms with Crippen LogP contribution in [-0.2, 0) is 14.8 Å². The molecule has 1 saturated carbocycles. The van der Waals surface area contributed by atoms with E-state index in [-0.39, 0.29) is 16.9 Å². The van der Waals surface area contributed by atoms with Crippen LogP contribution in [0.1, 0.15) is 40.0 Å². The number of nitrogens with zero attached hydrogens (tertiary/aromatic N) is 1. The lowest BCUT2D eigenvalue weighted by Gasteiger charge is -2.37. The molecule has 1 atom stereocenters. The first-order valence-corrected chi connectivity index (χ1v) is 8.65. The van der Waals surface area contributed by atoms with Gasteiger partial charge in [0.1, 0.15) is 0 Å². The van der Waals surface area contributed by atoms with Crippen LogP contribution in [0, 0.1) is 0 Å². The van der Waals surface area contributed by atoms with Crippen molar-refractivity contribution in [3.8, 4) is 0 Å². The Bertz CT molecular complexity index is 399. The highest BCUT2D eigenvalue weighted by Crippen LogP contribution is 2.29. The van der Waals surface area contributed by atoms with E-state index in [4.69, 9.17) is 4.74 Å². The monoisotopic (exact) mass is 290 g/mol. The lowest BCUT2D eigenvalue weighted by molar-refractivity contribution is -0.00352. The largest absolute Gasteiger partial charge is 0.374 e. The normalized spacial score (nSPS) is 27.2. The first-order valence-electron chi connectivity index (χ1n) is 7.14. The summed E-state index contributed by atoms with van der Waals surface area (Å²) >= 11 is 0. The second-order valence-electron chi connectivity index (χ2n) is 6.58. The standard InChI is InChI=1S/C13H26N2O3S/c1-13(2,3)14-9-11-10-15(7-8-18-11)19(16,17)12-5-4-6-12/h11-12,14H,4-10H2,1-3H3. The minimum atomic E-state index is -3.09. The molecule has 5 nitrogen and oxygen atoms in total. The maximum atomic E-state index is 12.4. The minimum absolute atomic E-state index is 0.0263. The number of hydrogen-bond acceptors (Lipinski definition) is 4. The molecule has 2 rings (SSSR count). The zero-order chi connectivity index (χ0) is 14.1. The smallest absolute Gasteiger partial charge is 0.217 e. The van der Waals surface area contributed by atoms with Crippen LogP contribution in [0.2, 0.25) is 0 Å². The molecule has 1 aliphatic carbocycles. The topological polar surface area (TPSA) is 58.6 Å². The third-order valence-electron chi connectivity index (χ3n) is 3.79. The van der Waals surface area contributed by atoms with E-state index < -0.39 is 10.0 Å². The van der Waals surface area contributed by atoms with Crippen molar-refractivity contribution in [1.82, 2.24) is 9.62 Å². The van der Waals surface area contributed by atoms with E-state index >= 15 is 0 Å². The second-order valence-corrected chi connectivity index (χ2v) is 8.79. The zero-order valence-corrected chi connectivity index (χ0v) is 13.0. The number of sulfonamides is 1. The maximum absolute atomic E-state index is 12.4. The molecule has 0 amide bonds. The zero-order valence-electron chi connectivity index (χ0n) is 12.2. The molecule has 112 valence electrons. The predicted octanol–water partition coefficient (Wildman–Crippen LogP) is 0.958. The maximum Gasteiger partial charge on any atom is 0.217 e. The summed E-state index contributed by atoms with van der Waals surface area (Å²) in [6.07, 6.45) is 2.65. The predicted molar refractivity (Wildman–Crippen MR) is 75.6 cm³/mol. The molecule has 0 bridgehead atoms. The van der Waals surface area contributed by atoms with E-state index in [2.05, 4.69) is 26.1 Å². The van der Waals surface area contributed by atoms with E-state index in [1.165, 1.54) is 0 Å². The molecule has 1 N–H and O–H groups in total. The van der Waals surface area contributed by atoms with Crippen LogP contribution in [0.3, 0.4) is 0 Å². The van der Waals surface area contributed by atoms with Crippen LogP contribution in [0.5, 0.6) is 0 Å². The summed E-state index contributed by atoms with van der Waals surface area (Å²) in [4.78, 5) is 0. The summed E-state index contributed by atoms with van der Waals surface area (Å²) in [6, 6.07) is 0. The molecule has 6 heteroatoms. The van der Waals surface area contributed by atoms with Gasteiger partial charge in [-0.2, -0.15) is 4.31 Å². The fourth-order valence-electron chi connectivity index (χ4n) is 2.35.